The molecule has 4 N–H and O–H groups in total. The van der Waals surface area contributed by atoms with Gasteiger partial charge in [0.2, 0.25) is 0 Å². The van der Waals surface area contributed by atoms with E-state index in [0.29, 0.717) is 12.8 Å². The van der Waals surface area contributed by atoms with Crippen molar-refractivity contribution < 1.29 is 19.5 Å². The SMILES string of the molecule is CCNNC(=O)/C(=C\C=O)Nc1cccc(C(=O)N(C)C)c1O. The number of rotatable bonds is 7. The highest BCUT2D eigenvalue weighted by Gasteiger charge is 2.17. The number of phenols is 1. The predicted molar refractivity (Wildman–Crippen MR) is 85.7 cm³/mol. The van der Waals surface area contributed by atoms with Gasteiger partial charge in [-0.25, -0.2) is 5.43 Å². The number of para-hydroxylation sites is 1. The number of carbonyl (C=O) groups excluding carboxylic acids is 3. The van der Waals surface area contributed by atoms with E-state index in [1.54, 1.807) is 27.1 Å². The molecule has 0 saturated carbocycles. The standard InChI is InChI=1S/C15H20N4O4/c1-4-16-18-14(22)12(8-9-20)17-11-7-5-6-10(13(11)21)15(23)19(2)3/h5-9,16-17,21H,4H2,1-3H3,(H,18,22)/b12-8+. The van der Waals surface area contributed by atoms with Crippen LogP contribution in [0.4, 0.5) is 5.69 Å². The number of carbonyl (C=O) groups is 3. The quantitative estimate of drug-likeness (QED) is 0.248. The van der Waals surface area contributed by atoms with Crippen molar-refractivity contribution in [2.75, 3.05) is 26.0 Å². The minimum absolute atomic E-state index is 0.0781. The lowest BCUT2D eigenvalue weighted by Gasteiger charge is -2.16. The molecule has 0 heterocycles. The van der Waals surface area contributed by atoms with E-state index in [4.69, 9.17) is 0 Å². The molecule has 0 radical (unpaired) electrons. The van der Waals surface area contributed by atoms with Gasteiger partial charge in [0.05, 0.1) is 11.3 Å². The fraction of sp³-hybridized carbons (Fsp3) is 0.267. The second-order valence-corrected chi connectivity index (χ2v) is 4.73. The van der Waals surface area contributed by atoms with Crippen LogP contribution in [0.2, 0.25) is 0 Å². The molecular formula is C15H20N4O4. The van der Waals surface area contributed by atoms with Crippen molar-refractivity contribution in [2.24, 2.45) is 0 Å². The van der Waals surface area contributed by atoms with Crippen LogP contribution in [0.1, 0.15) is 17.3 Å². The third kappa shape index (κ3) is 4.82. The van der Waals surface area contributed by atoms with E-state index in [1.165, 1.54) is 17.0 Å². The molecule has 23 heavy (non-hydrogen) atoms. The van der Waals surface area contributed by atoms with E-state index in [1.807, 2.05) is 0 Å². The Morgan fingerprint density at radius 3 is 2.57 bits per heavy atom. The number of nitrogens with zero attached hydrogens (tertiary/aromatic N) is 1. The number of benzene rings is 1. The highest BCUT2D eigenvalue weighted by atomic mass is 16.3. The summed E-state index contributed by atoms with van der Waals surface area (Å²) >= 11 is 0. The van der Waals surface area contributed by atoms with Crippen molar-refractivity contribution in [2.45, 2.75) is 6.92 Å². The Morgan fingerprint density at radius 1 is 1.30 bits per heavy atom. The molecule has 8 heteroatoms. The smallest absolute Gasteiger partial charge is 0.281 e. The maximum atomic E-state index is 12.0. The highest BCUT2D eigenvalue weighted by Crippen LogP contribution is 2.29. The van der Waals surface area contributed by atoms with Gasteiger partial charge in [0.1, 0.15) is 12.0 Å². The normalized spacial score (nSPS) is 10.8. The summed E-state index contributed by atoms with van der Waals surface area (Å²) in [6.07, 6.45) is 1.46. The first-order valence-electron chi connectivity index (χ1n) is 6.91. The number of aromatic hydroxyl groups is 1. The number of anilines is 1. The van der Waals surface area contributed by atoms with Gasteiger partial charge < -0.3 is 15.3 Å². The average Bonchev–Trinajstić information content (AvgIpc) is 2.53. The summed E-state index contributed by atoms with van der Waals surface area (Å²) in [5, 5.41) is 12.9. The number of amides is 2. The van der Waals surface area contributed by atoms with Gasteiger partial charge in [-0.3, -0.25) is 19.8 Å². The third-order valence-corrected chi connectivity index (χ3v) is 2.80. The lowest BCUT2D eigenvalue weighted by molar-refractivity contribution is -0.118. The van der Waals surface area contributed by atoms with Gasteiger partial charge >= 0.3 is 0 Å². The zero-order valence-corrected chi connectivity index (χ0v) is 13.2. The lowest BCUT2D eigenvalue weighted by Crippen LogP contribution is -2.39. The summed E-state index contributed by atoms with van der Waals surface area (Å²) in [6, 6.07) is 4.51. The summed E-state index contributed by atoms with van der Waals surface area (Å²) in [5.41, 5.74) is 5.13. The van der Waals surface area contributed by atoms with Crippen molar-refractivity contribution in [3.63, 3.8) is 0 Å². The van der Waals surface area contributed by atoms with Crippen LogP contribution in [0.25, 0.3) is 0 Å². The van der Waals surface area contributed by atoms with Crippen LogP contribution in [-0.2, 0) is 9.59 Å². The van der Waals surface area contributed by atoms with Gasteiger partial charge in [-0.2, -0.15) is 0 Å². The van der Waals surface area contributed by atoms with E-state index in [-0.39, 0.29) is 28.6 Å². The average molecular weight is 320 g/mol. The second-order valence-electron chi connectivity index (χ2n) is 4.73. The van der Waals surface area contributed by atoms with Crippen molar-refractivity contribution in [3.8, 4) is 5.75 Å². The first kappa shape index (κ1) is 18.2. The zero-order valence-electron chi connectivity index (χ0n) is 13.2. The van der Waals surface area contributed by atoms with E-state index in [2.05, 4.69) is 16.2 Å². The molecule has 8 nitrogen and oxygen atoms in total. The van der Waals surface area contributed by atoms with Gasteiger partial charge in [-0.15, -0.1) is 0 Å². The van der Waals surface area contributed by atoms with Crippen LogP contribution >= 0.6 is 0 Å². The van der Waals surface area contributed by atoms with E-state index in [9.17, 15) is 19.5 Å². The van der Waals surface area contributed by atoms with Crippen molar-refractivity contribution in [1.29, 1.82) is 0 Å². The van der Waals surface area contributed by atoms with Gasteiger partial charge in [0, 0.05) is 26.7 Å². The molecule has 0 aliphatic heterocycles. The van der Waals surface area contributed by atoms with Crippen LogP contribution in [0, 0.1) is 0 Å². The molecule has 0 aromatic heterocycles. The summed E-state index contributed by atoms with van der Waals surface area (Å²) in [5.74, 6) is -1.27. The molecule has 0 aliphatic rings. The van der Waals surface area contributed by atoms with E-state index in [0.717, 1.165) is 6.08 Å². The van der Waals surface area contributed by atoms with Crippen LogP contribution in [0.15, 0.2) is 30.0 Å². The second kappa shape index (κ2) is 8.54. The third-order valence-electron chi connectivity index (χ3n) is 2.80. The fourth-order valence-electron chi connectivity index (χ4n) is 1.68. The number of hydrogen-bond donors (Lipinski definition) is 4. The van der Waals surface area contributed by atoms with Crippen LogP contribution in [0.5, 0.6) is 5.75 Å². The number of hydrazine groups is 1. The fourth-order valence-corrected chi connectivity index (χ4v) is 1.68. The van der Waals surface area contributed by atoms with Gasteiger partial charge in [0.25, 0.3) is 11.8 Å². The molecule has 1 rings (SSSR count). The Morgan fingerprint density at radius 2 is 2.00 bits per heavy atom. The highest BCUT2D eigenvalue weighted by molar-refractivity contribution is 6.01. The molecule has 1 aromatic rings. The Bertz CT molecular complexity index is 626. The van der Waals surface area contributed by atoms with Crippen molar-refractivity contribution >= 4 is 23.8 Å². The Hall–Kier alpha value is -2.87. The molecule has 124 valence electrons. The largest absolute Gasteiger partial charge is 0.505 e. The molecule has 0 saturated heterocycles. The maximum absolute atomic E-state index is 12.0. The first-order valence-corrected chi connectivity index (χ1v) is 6.91. The molecule has 0 spiro atoms. The van der Waals surface area contributed by atoms with Crippen LogP contribution in [-0.4, -0.2) is 48.7 Å². The van der Waals surface area contributed by atoms with Crippen molar-refractivity contribution in [1.82, 2.24) is 15.8 Å². The number of phenolic OH excluding ortho intramolecular Hbond substituents is 1. The number of nitrogens with one attached hydrogen (secondary N) is 3. The molecule has 0 bridgehead atoms. The molecule has 2 amide bonds. The summed E-state index contributed by atoms with van der Waals surface area (Å²) < 4.78 is 0. The summed E-state index contributed by atoms with van der Waals surface area (Å²) in [6.45, 7) is 2.29. The first-order chi connectivity index (χ1) is 10.9. The maximum Gasteiger partial charge on any atom is 0.281 e. The van der Waals surface area contributed by atoms with Crippen LogP contribution in [0.3, 0.4) is 0 Å². The van der Waals surface area contributed by atoms with E-state index < -0.39 is 5.91 Å². The Balaban J connectivity index is 3.08. The molecule has 0 atom stereocenters. The van der Waals surface area contributed by atoms with Gasteiger partial charge in [-0.05, 0) is 12.1 Å². The number of allylic oxidation sites excluding steroid dienone is 1. The Labute approximate surface area is 134 Å². The molecule has 1 aromatic carbocycles. The predicted octanol–water partition coefficient (Wildman–Crippen LogP) is 0.229. The topological polar surface area (TPSA) is 111 Å². The minimum atomic E-state index is -0.581. The monoisotopic (exact) mass is 320 g/mol. The summed E-state index contributed by atoms with van der Waals surface area (Å²) in [7, 11) is 3.12. The minimum Gasteiger partial charge on any atom is -0.505 e. The number of aldehydes is 1. The zero-order chi connectivity index (χ0) is 17.4. The van der Waals surface area contributed by atoms with E-state index >= 15 is 0 Å². The van der Waals surface area contributed by atoms with Gasteiger partial charge in [0.15, 0.2) is 5.75 Å². The molecule has 0 unspecified atom stereocenters. The van der Waals surface area contributed by atoms with Gasteiger partial charge in [-0.1, -0.05) is 13.0 Å². The summed E-state index contributed by atoms with van der Waals surface area (Å²) in [4.78, 5) is 35.9. The Kier molecular flexibility index (Phi) is 6.75. The molecule has 0 aliphatic carbocycles. The number of hydrogen-bond acceptors (Lipinski definition) is 6. The van der Waals surface area contributed by atoms with Crippen LogP contribution < -0.4 is 16.2 Å². The molecule has 0 fully saturated rings. The molecular weight excluding hydrogens is 300 g/mol. The van der Waals surface area contributed by atoms with Crippen molar-refractivity contribution in [3.05, 3.63) is 35.5 Å². The lowest BCUT2D eigenvalue weighted by atomic mass is 10.1.